The molecule has 4 aliphatic rings. The van der Waals surface area contributed by atoms with Crippen molar-refractivity contribution in [3.05, 3.63) is 225 Å². The molecule has 3 saturated carbocycles. The molecule has 11 rings (SSSR count). The molecule has 0 bridgehead atoms. The van der Waals surface area contributed by atoms with Gasteiger partial charge in [0.15, 0.2) is 0 Å². The van der Waals surface area contributed by atoms with E-state index < -0.39 is 208 Å². The Hall–Kier alpha value is -6.57. The van der Waals surface area contributed by atoms with Crippen molar-refractivity contribution in [3.8, 4) is 0 Å². The number of hydrogen-bond donors (Lipinski definition) is 0. The van der Waals surface area contributed by atoms with Gasteiger partial charge in [0.1, 0.15) is 23.9 Å². The van der Waals surface area contributed by atoms with E-state index in [1.54, 1.807) is 0 Å². The maximum Gasteiger partial charge on any atom is 0.416 e. The number of nitrogens with zero attached hydrogens (tertiary/aromatic N) is 1. The molecule has 0 saturated heterocycles. The van der Waals surface area contributed by atoms with Crippen LogP contribution >= 0.6 is 8.15 Å². The standard InChI is InChI=1S/C37H46NO2P.C32H12BF24.C8H16.Ir/c1-29-35(38-36(39-29)32-21-11-4-12-22-32)37(27-30-17-7-2-8-18-30,28-31-19-9-3-10-20-31)40-41(33-23-13-5-14-24-33)34-25-15-6-16-26-34;34-25(35,36)13-1-14(26(37,38)39)6-21(5-13)33(22-7-15(27(40,41)42)2-16(8-22)28(43,44)45,23-9-17(29(46,47)48)3-18(10-23)30(49,50)51)24-11-19(31(52,53)54)4-20(12-24)32(55,56)57;1-2-4-6-8-7-5-3-1;/h2-4,7-12,17-22,29,33-35H,5-6,13-16,23-28H2,1H3;1-12H;1-8H2;/q;-1;;/t29-,35-;;;/m0.../s1. The molecule has 585 valence electrons. The molecule has 0 unspecified atom stereocenters. The summed E-state index contributed by atoms with van der Waals surface area (Å²) in [6.07, 6.45) is -27.7. The average Bonchev–Trinajstić information content (AvgIpc) is 1.18. The van der Waals surface area contributed by atoms with E-state index in [-0.39, 0.29) is 32.3 Å². The van der Waals surface area contributed by atoms with Gasteiger partial charge in [-0.2, -0.15) is 127 Å². The summed E-state index contributed by atoms with van der Waals surface area (Å²) in [6, 6.07) is 23.5. The molecule has 3 fully saturated rings. The van der Waals surface area contributed by atoms with Crippen molar-refractivity contribution in [2.75, 3.05) is 0 Å². The molecule has 0 aromatic heterocycles. The van der Waals surface area contributed by atoms with Gasteiger partial charge < -0.3 is 9.26 Å². The Morgan fingerprint density at radius 1 is 0.346 bits per heavy atom. The van der Waals surface area contributed by atoms with Crippen LogP contribution in [0, 0.1) is 0 Å². The number of ether oxygens (including phenoxy) is 1. The van der Waals surface area contributed by atoms with Gasteiger partial charge in [0, 0.05) is 58.0 Å². The first-order valence-corrected chi connectivity index (χ1v) is 36.1. The minimum atomic E-state index is -6.13. The van der Waals surface area contributed by atoms with E-state index in [4.69, 9.17) is 14.3 Å². The SMILES string of the molecule is C1CCCCCCC1.C[C@@H]1OC(c2ccccc2)=N[C@@H]1C(Cc1ccccc1)(Cc1ccccc1)OP(C1CCCCC1)C1CCCCC1.FC(F)(F)c1cc([B-](c2cc(C(F)(F)F)cc(C(F)(F)F)c2)(c2cc(C(F)(F)F)cc(C(F)(F)F)c2)c2cc(C(F)(F)F)cc(C(F)(F)F)c2)cc(C(F)(F)F)c1.[Ir]. The molecule has 1 heterocycles. The molecule has 3 aliphatic carbocycles. The van der Waals surface area contributed by atoms with E-state index in [9.17, 15) is 105 Å². The summed E-state index contributed by atoms with van der Waals surface area (Å²) < 4.78 is 355. The van der Waals surface area contributed by atoms with Crippen LogP contribution in [0.5, 0.6) is 0 Å². The summed E-state index contributed by atoms with van der Waals surface area (Å²) in [5.74, 6) is 0.761. The van der Waals surface area contributed by atoms with Crippen LogP contribution in [-0.2, 0) is 91.6 Å². The van der Waals surface area contributed by atoms with Crippen molar-refractivity contribution in [2.24, 2.45) is 4.99 Å². The van der Waals surface area contributed by atoms with Crippen LogP contribution in [0.25, 0.3) is 0 Å². The fourth-order valence-corrected chi connectivity index (χ4v) is 18.2. The van der Waals surface area contributed by atoms with Crippen molar-refractivity contribution in [2.45, 2.75) is 214 Å². The Balaban J connectivity index is 0.000000251. The summed E-state index contributed by atoms with van der Waals surface area (Å²) in [5, 5.41) is 0. The summed E-state index contributed by atoms with van der Waals surface area (Å²) in [5.41, 5.74) is -25.6. The largest absolute Gasteiger partial charge is 0.472 e. The normalized spacial score (nSPS) is 18.0. The molecular weight excluding hydrogens is 1660 g/mol. The van der Waals surface area contributed by atoms with E-state index >= 15 is 0 Å². The van der Waals surface area contributed by atoms with Crippen molar-refractivity contribution < 1.29 is 135 Å². The van der Waals surface area contributed by atoms with Crippen LogP contribution in [0.2, 0.25) is 0 Å². The van der Waals surface area contributed by atoms with Gasteiger partial charge >= 0.3 is 49.4 Å². The van der Waals surface area contributed by atoms with Gasteiger partial charge in [0.2, 0.25) is 5.90 Å². The van der Waals surface area contributed by atoms with Crippen molar-refractivity contribution in [1.82, 2.24) is 0 Å². The van der Waals surface area contributed by atoms with Crippen LogP contribution in [0.1, 0.15) is 184 Å². The quantitative estimate of drug-likeness (QED) is 0.0617. The van der Waals surface area contributed by atoms with Crippen LogP contribution in [-0.4, -0.2) is 41.1 Å². The molecule has 0 spiro atoms. The first-order chi connectivity index (χ1) is 49.5. The molecule has 1 aliphatic heterocycles. The van der Waals surface area contributed by atoms with Crippen LogP contribution in [0.15, 0.2) is 169 Å². The molecule has 0 N–H and O–H groups in total. The molecule has 7 aromatic carbocycles. The Labute approximate surface area is 617 Å². The monoisotopic (exact) mass is 1740 g/mol. The first-order valence-electron chi connectivity index (χ1n) is 34.7. The first kappa shape index (κ1) is 86.0. The van der Waals surface area contributed by atoms with E-state index in [0.717, 1.165) is 24.3 Å². The number of rotatable bonds is 14. The third-order valence-electron chi connectivity index (χ3n) is 19.8. The summed E-state index contributed by atoms with van der Waals surface area (Å²) in [7, 11) is -0.606. The van der Waals surface area contributed by atoms with E-state index in [1.165, 1.54) is 127 Å². The van der Waals surface area contributed by atoms with Crippen molar-refractivity contribution >= 4 is 42.0 Å². The number of hydrogen-bond acceptors (Lipinski definition) is 3. The maximum atomic E-state index is 14.2. The van der Waals surface area contributed by atoms with Crippen molar-refractivity contribution in [1.29, 1.82) is 0 Å². The van der Waals surface area contributed by atoms with Gasteiger partial charge in [0.25, 0.3) is 0 Å². The average molecular weight is 1740 g/mol. The number of aliphatic imine (C=N–C) groups is 1. The zero-order chi connectivity index (χ0) is 77.5. The second-order valence-corrected chi connectivity index (χ2v) is 29.9. The minimum Gasteiger partial charge on any atom is -0.472 e. The van der Waals surface area contributed by atoms with Crippen molar-refractivity contribution in [3.63, 3.8) is 0 Å². The van der Waals surface area contributed by atoms with Gasteiger partial charge in [-0.1, -0.05) is 217 Å². The van der Waals surface area contributed by atoms with Gasteiger partial charge in [-0.25, -0.2) is 4.99 Å². The molecule has 30 heteroatoms. The van der Waals surface area contributed by atoms with E-state index in [2.05, 4.69) is 97.9 Å². The van der Waals surface area contributed by atoms with Crippen LogP contribution in [0.4, 0.5) is 105 Å². The Morgan fingerprint density at radius 2 is 0.579 bits per heavy atom. The molecule has 7 aromatic rings. The third-order valence-corrected chi connectivity index (χ3v) is 22.9. The van der Waals surface area contributed by atoms with E-state index in [0.29, 0.717) is 11.3 Å². The molecular formula is C77H74BF24IrNO2P-. The van der Waals surface area contributed by atoms with Gasteiger partial charge in [-0.15, -0.1) is 0 Å². The van der Waals surface area contributed by atoms with E-state index in [1.807, 2.05) is 0 Å². The van der Waals surface area contributed by atoms with Crippen LogP contribution < -0.4 is 21.9 Å². The van der Waals surface area contributed by atoms with Crippen LogP contribution in [0.3, 0.4) is 0 Å². The maximum absolute atomic E-state index is 14.2. The predicted molar refractivity (Wildman–Crippen MR) is 359 cm³/mol. The Morgan fingerprint density at radius 3 is 0.822 bits per heavy atom. The molecule has 3 nitrogen and oxygen atoms in total. The smallest absolute Gasteiger partial charge is 0.416 e. The van der Waals surface area contributed by atoms with Gasteiger partial charge in [0.05, 0.1) is 44.5 Å². The Kier molecular flexibility index (Phi) is 28.0. The summed E-state index contributed by atoms with van der Waals surface area (Å²) in [4.78, 5) is 5.43. The topological polar surface area (TPSA) is 30.8 Å². The molecule has 2 atom stereocenters. The zero-order valence-electron chi connectivity index (χ0n) is 57.2. The number of benzene rings is 7. The number of alkyl halides is 24. The summed E-state index contributed by atoms with van der Waals surface area (Å²) in [6.45, 7) is 2.21. The molecule has 1 radical (unpaired) electrons. The van der Waals surface area contributed by atoms with Gasteiger partial charge in [-0.05, 0) is 80.1 Å². The minimum absolute atomic E-state index is 0. The molecule has 0 amide bonds. The number of halogens is 24. The fourth-order valence-electron chi connectivity index (χ4n) is 14.9. The third kappa shape index (κ3) is 22.2. The summed E-state index contributed by atoms with van der Waals surface area (Å²) >= 11 is 0. The molecule has 107 heavy (non-hydrogen) atoms. The fraction of sp³-hybridized carbons (Fsp3) is 0.442. The zero-order valence-corrected chi connectivity index (χ0v) is 60.5. The second kappa shape index (κ2) is 34.8. The Bertz CT molecular complexity index is 3530. The van der Waals surface area contributed by atoms with Gasteiger partial charge in [-0.3, -0.25) is 0 Å². The predicted octanol–water partition coefficient (Wildman–Crippen LogP) is 23.9. The second-order valence-electron chi connectivity index (χ2n) is 27.5.